The highest BCUT2D eigenvalue weighted by molar-refractivity contribution is 5.97. The van der Waals surface area contributed by atoms with Crippen molar-refractivity contribution in [2.75, 3.05) is 5.32 Å². The van der Waals surface area contributed by atoms with Crippen LogP contribution < -0.4 is 21.9 Å². The third kappa shape index (κ3) is 6.00. The lowest BCUT2D eigenvalue weighted by Crippen LogP contribution is -2.40. The van der Waals surface area contributed by atoms with Crippen LogP contribution in [0.2, 0.25) is 0 Å². The molecule has 1 aliphatic carbocycles. The molecule has 0 atom stereocenters. The monoisotopic (exact) mass is 486 g/mol. The van der Waals surface area contributed by atoms with Gasteiger partial charge in [-0.2, -0.15) is 13.2 Å². The van der Waals surface area contributed by atoms with Crippen molar-refractivity contribution in [3.05, 3.63) is 97.8 Å². The van der Waals surface area contributed by atoms with Crippen molar-refractivity contribution in [2.45, 2.75) is 50.4 Å². The maximum Gasteiger partial charge on any atom is 0.416 e. The van der Waals surface area contributed by atoms with Gasteiger partial charge in [-0.25, -0.2) is 4.79 Å². The molecule has 4 rings (SSSR count). The highest BCUT2D eigenvalue weighted by Crippen LogP contribution is 2.33. The van der Waals surface area contributed by atoms with E-state index in [0.29, 0.717) is 11.5 Å². The molecule has 1 fully saturated rings. The summed E-state index contributed by atoms with van der Waals surface area (Å²) in [5, 5.41) is 5.67. The Morgan fingerprint density at radius 1 is 0.914 bits per heavy atom. The van der Waals surface area contributed by atoms with Crippen LogP contribution in [0.1, 0.15) is 58.8 Å². The van der Waals surface area contributed by atoms with Gasteiger partial charge in [0.2, 0.25) is 0 Å². The Kier molecular flexibility index (Phi) is 7.09. The number of nitrogens with one attached hydrogen (secondary N) is 4. The maximum absolute atomic E-state index is 13.0. The highest BCUT2D eigenvalue weighted by Gasteiger charge is 2.30. The van der Waals surface area contributed by atoms with Gasteiger partial charge in [0.1, 0.15) is 11.4 Å². The number of aromatic amines is 2. The maximum atomic E-state index is 13.0. The number of H-pyrrole nitrogens is 2. The molecule has 7 nitrogen and oxygen atoms in total. The number of anilines is 1. The van der Waals surface area contributed by atoms with Crippen molar-refractivity contribution >= 4 is 11.6 Å². The van der Waals surface area contributed by atoms with Crippen LogP contribution in [0, 0.1) is 0 Å². The van der Waals surface area contributed by atoms with E-state index in [9.17, 15) is 27.6 Å². The Balaban J connectivity index is 1.42. The standard InChI is InChI=1S/C25H25F3N4O3/c26-25(27,28)18-10-6-15(7-11-18)14-29-20-21(31-24(35)32-22(20)33)23(34)30-19-12-8-17(9-13-19)16-4-2-1-3-5-16/h1-7,10-11,17,19,29H,8-9,12-14H2,(H,30,34)(H2,31,32,33,35)/t17-,19+. The van der Waals surface area contributed by atoms with Crippen LogP contribution in [0.4, 0.5) is 18.9 Å². The molecule has 1 saturated carbocycles. The summed E-state index contributed by atoms with van der Waals surface area (Å²) >= 11 is 0. The number of carbonyl (C=O) groups is 1. The number of hydrogen-bond donors (Lipinski definition) is 4. The number of amides is 1. The van der Waals surface area contributed by atoms with Crippen LogP contribution in [-0.4, -0.2) is 21.9 Å². The van der Waals surface area contributed by atoms with Gasteiger partial charge >= 0.3 is 11.9 Å². The van der Waals surface area contributed by atoms with Crippen LogP contribution in [0.25, 0.3) is 0 Å². The van der Waals surface area contributed by atoms with Crippen LogP contribution in [0.5, 0.6) is 0 Å². The summed E-state index contributed by atoms with van der Waals surface area (Å²) < 4.78 is 38.3. The third-order valence-corrected chi connectivity index (χ3v) is 6.25. The van der Waals surface area contributed by atoms with Crippen LogP contribution in [0.15, 0.2) is 64.2 Å². The van der Waals surface area contributed by atoms with Crippen LogP contribution in [-0.2, 0) is 12.7 Å². The lowest BCUT2D eigenvalue weighted by molar-refractivity contribution is -0.137. The molecular weight excluding hydrogens is 461 g/mol. The normalized spacial score (nSPS) is 18.1. The second-order valence-electron chi connectivity index (χ2n) is 8.64. The average Bonchev–Trinajstić information content (AvgIpc) is 2.84. The molecule has 10 heteroatoms. The van der Waals surface area contributed by atoms with Crippen LogP contribution in [0.3, 0.4) is 0 Å². The number of alkyl halides is 3. The lowest BCUT2D eigenvalue weighted by atomic mass is 9.82. The molecule has 1 amide bonds. The second kappa shape index (κ2) is 10.2. The molecule has 0 radical (unpaired) electrons. The molecule has 1 aromatic heterocycles. The summed E-state index contributed by atoms with van der Waals surface area (Å²) in [6.07, 6.45) is -1.13. The molecular formula is C25H25F3N4O3. The fourth-order valence-electron chi connectivity index (χ4n) is 4.38. The van der Waals surface area contributed by atoms with Gasteiger partial charge in [-0.15, -0.1) is 0 Å². The number of benzene rings is 2. The summed E-state index contributed by atoms with van der Waals surface area (Å²) in [7, 11) is 0. The largest absolute Gasteiger partial charge is 0.416 e. The first-order valence-corrected chi connectivity index (χ1v) is 11.3. The molecule has 35 heavy (non-hydrogen) atoms. The van der Waals surface area contributed by atoms with E-state index in [-0.39, 0.29) is 24.0 Å². The number of carbonyl (C=O) groups excluding carboxylic acids is 1. The van der Waals surface area contributed by atoms with E-state index in [0.717, 1.165) is 37.8 Å². The Labute approximate surface area is 198 Å². The van der Waals surface area contributed by atoms with Crippen molar-refractivity contribution in [2.24, 2.45) is 0 Å². The van der Waals surface area contributed by atoms with E-state index in [1.54, 1.807) is 0 Å². The van der Waals surface area contributed by atoms with E-state index in [1.165, 1.54) is 17.7 Å². The first-order valence-electron chi connectivity index (χ1n) is 11.3. The van der Waals surface area contributed by atoms with Crippen molar-refractivity contribution in [1.82, 2.24) is 15.3 Å². The van der Waals surface area contributed by atoms with Gasteiger partial charge in [-0.3, -0.25) is 14.6 Å². The summed E-state index contributed by atoms with van der Waals surface area (Å²) in [5.41, 5.74) is -1.03. The third-order valence-electron chi connectivity index (χ3n) is 6.25. The van der Waals surface area contributed by atoms with Gasteiger partial charge in [0.15, 0.2) is 0 Å². The first-order chi connectivity index (χ1) is 16.7. The zero-order valence-electron chi connectivity index (χ0n) is 18.7. The van der Waals surface area contributed by atoms with Crippen molar-refractivity contribution in [3.63, 3.8) is 0 Å². The topological polar surface area (TPSA) is 107 Å². The molecule has 0 aliphatic heterocycles. The van der Waals surface area contributed by atoms with Crippen molar-refractivity contribution in [1.29, 1.82) is 0 Å². The minimum Gasteiger partial charge on any atom is -0.375 e. The Morgan fingerprint density at radius 3 is 2.20 bits per heavy atom. The molecule has 184 valence electrons. The van der Waals surface area contributed by atoms with E-state index < -0.39 is 28.9 Å². The Morgan fingerprint density at radius 2 is 1.57 bits per heavy atom. The van der Waals surface area contributed by atoms with Gasteiger partial charge < -0.3 is 15.6 Å². The minimum absolute atomic E-state index is 0.0181. The van der Waals surface area contributed by atoms with E-state index in [4.69, 9.17) is 0 Å². The van der Waals surface area contributed by atoms with Gasteiger partial charge in [-0.05, 0) is 54.9 Å². The van der Waals surface area contributed by atoms with Gasteiger partial charge in [0, 0.05) is 12.6 Å². The number of rotatable bonds is 6. The highest BCUT2D eigenvalue weighted by atomic mass is 19.4. The predicted octanol–water partition coefficient (Wildman–Crippen LogP) is 4.15. The number of aromatic nitrogens is 2. The predicted molar refractivity (Wildman–Crippen MR) is 125 cm³/mol. The fraction of sp³-hybridized carbons (Fsp3) is 0.320. The molecule has 0 spiro atoms. The van der Waals surface area contributed by atoms with Gasteiger partial charge in [-0.1, -0.05) is 42.5 Å². The molecule has 1 aliphatic rings. The fourth-order valence-corrected chi connectivity index (χ4v) is 4.38. The lowest BCUT2D eigenvalue weighted by Gasteiger charge is -2.29. The van der Waals surface area contributed by atoms with Gasteiger partial charge in [0.05, 0.1) is 5.56 Å². The van der Waals surface area contributed by atoms with E-state index in [1.807, 2.05) is 18.2 Å². The molecule has 0 unspecified atom stereocenters. The Bertz CT molecular complexity index is 1280. The van der Waals surface area contributed by atoms with Gasteiger partial charge in [0.25, 0.3) is 11.5 Å². The molecule has 3 aromatic rings. The average molecular weight is 486 g/mol. The quantitative estimate of drug-likeness (QED) is 0.420. The number of hydrogen-bond acceptors (Lipinski definition) is 4. The molecule has 0 saturated heterocycles. The molecule has 0 bridgehead atoms. The molecule has 1 heterocycles. The van der Waals surface area contributed by atoms with Crippen molar-refractivity contribution in [3.8, 4) is 0 Å². The zero-order chi connectivity index (χ0) is 25.0. The Hall–Kier alpha value is -3.82. The minimum atomic E-state index is -4.45. The second-order valence-corrected chi connectivity index (χ2v) is 8.64. The van der Waals surface area contributed by atoms with Crippen LogP contribution >= 0.6 is 0 Å². The summed E-state index contributed by atoms with van der Waals surface area (Å²) in [5.74, 6) is -0.170. The molecule has 2 aromatic carbocycles. The summed E-state index contributed by atoms with van der Waals surface area (Å²) in [6, 6.07) is 14.5. The first kappa shape index (κ1) is 24.3. The SMILES string of the molecule is O=C(N[C@H]1CC[C@@H](c2ccccc2)CC1)c1[nH]c(=O)[nH]c(=O)c1NCc1ccc(C(F)(F)F)cc1. The van der Waals surface area contributed by atoms with E-state index in [2.05, 4.69) is 32.7 Å². The van der Waals surface area contributed by atoms with E-state index >= 15 is 0 Å². The molecule has 4 N–H and O–H groups in total. The van der Waals surface area contributed by atoms with Crippen molar-refractivity contribution < 1.29 is 18.0 Å². The summed E-state index contributed by atoms with van der Waals surface area (Å²) in [4.78, 5) is 41.6. The zero-order valence-corrected chi connectivity index (χ0v) is 18.7. The smallest absolute Gasteiger partial charge is 0.375 e. The summed E-state index contributed by atoms with van der Waals surface area (Å²) in [6.45, 7) is -0.0181. The number of halogens is 3.